The number of nitrogens with zero attached hydrogens (tertiary/aromatic N) is 5. The molecule has 2 unspecified atom stereocenters. The number of rotatable bonds is 8. The highest BCUT2D eigenvalue weighted by molar-refractivity contribution is 5.81. The molecule has 37 heavy (non-hydrogen) atoms. The van der Waals surface area contributed by atoms with Crippen LogP contribution in [0.1, 0.15) is 18.1 Å². The van der Waals surface area contributed by atoms with Crippen LogP contribution < -0.4 is 15.2 Å². The van der Waals surface area contributed by atoms with Crippen LogP contribution in [0.5, 0.6) is 5.75 Å². The number of aliphatic hydroxyl groups is 1. The summed E-state index contributed by atoms with van der Waals surface area (Å²) in [6.07, 6.45) is -10.1. The standard InChI is InChI=1S/C20H22F6N6O5/c1-11(37-14-8-29-30-16(34)15(14)20(24,25)26)9-36-10-13(33)17(35)31-2-4-32(5-3-31)18-27-6-12(7-28-18)19(21,22)23/h6-8,11,13,33H,2-5,9-10H2,1H3,(H,30,34). The molecule has 17 heteroatoms. The maximum atomic E-state index is 13.1. The first-order valence-corrected chi connectivity index (χ1v) is 10.8. The predicted molar refractivity (Wildman–Crippen MR) is 113 cm³/mol. The number of carbonyl (C=O) groups is 1. The summed E-state index contributed by atoms with van der Waals surface area (Å²) in [5.41, 5.74) is -4.00. The number of aliphatic hydroxyl groups excluding tert-OH is 1. The molecule has 1 fully saturated rings. The van der Waals surface area contributed by atoms with Gasteiger partial charge in [-0.3, -0.25) is 9.59 Å². The van der Waals surface area contributed by atoms with Crippen LogP contribution in [0.15, 0.2) is 23.4 Å². The van der Waals surface area contributed by atoms with Gasteiger partial charge in [-0.15, -0.1) is 0 Å². The molecule has 204 valence electrons. The third-order valence-corrected chi connectivity index (χ3v) is 5.19. The van der Waals surface area contributed by atoms with Gasteiger partial charge in [0.1, 0.15) is 6.10 Å². The van der Waals surface area contributed by atoms with Crippen LogP contribution >= 0.6 is 0 Å². The molecule has 1 saturated heterocycles. The van der Waals surface area contributed by atoms with E-state index in [1.807, 2.05) is 0 Å². The number of piperazine rings is 1. The number of nitrogens with one attached hydrogen (secondary N) is 1. The molecule has 1 amide bonds. The lowest BCUT2D eigenvalue weighted by molar-refractivity contribution is -0.145. The molecule has 2 atom stereocenters. The molecule has 3 rings (SSSR count). The van der Waals surface area contributed by atoms with Crippen molar-refractivity contribution in [3.8, 4) is 5.75 Å². The topological polar surface area (TPSA) is 134 Å². The largest absolute Gasteiger partial charge is 0.486 e. The van der Waals surface area contributed by atoms with E-state index >= 15 is 0 Å². The molecule has 2 aromatic heterocycles. The first kappa shape index (κ1) is 28.1. The van der Waals surface area contributed by atoms with Crippen LogP contribution in [0.3, 0.4) is 0 Å². The van der Waals surface area contributed by atoms with Crippen molar-refractivity contribution in [2.24, 2.45) is 0 Å². The van der Waals surface area contributed by atoms with Crippen molar-refractivity contribution < 1.29 is 45.7 Å². The van der Waals surface area contributed by atoms with Gasteiger partial charge in [0, 0.05) is 38.6 Å². The van der Waals surface area contributed by atoms with Crippen LogP contribution in [-0.4, -0.2) is 87.7 Å². The second-order valence-electron chi connectivity index (χ2n) is 8.00. The smallest absolute Gasteiger partial charge is 0.425 e. The van der Waals surface area contributed by atoms with Gasteiger partial charge in [0.05, 0.1) is 25.0 Å². The van der Waals surface area contributed by atoms with E-state index in [4.69, 9.17) is 9.47 Å². The number of ether oxygens (including phenoxy) is 2. The van der Waals surface area contributed by atoms with Gasteiger partial charge in [0.15, 0.2) is 17.4 Å². The molecular formula is C20H22F6N6O5. The Kier molecular flexibility index (Phi) is 8.57. The van der Waals surface area contributed by atoms with E-state index in [1.165, 1.54) is 11.8 Å². The molecule has 0 spiro atoms. The van der Waals surface area contributed by atoms with Crippen molar-refractivity contribution in [1.29, 1.82) is 0 Å². The lowest BCUT2D eigenvalue weighted by Crippen LogP contribution is -2.52. The van der Waals surface area contributed by atoms with E-state index in [0.717, 1.165) is 0 Å². The molecule has 11 nitrogen and oxygen atoms in total. The molecular weight excluding hydrogens is 518 g/mol. The minimum atomic E-state index is -4.97. The molecule has 0 radical (unpaired) electrons. The summed E-state index contributed by atoms with van der Waals surface area (Å²) in [6, 6.07) is 0. The summed E-state index contributed by atoms with van der Waals surface area (Å²) in [7, 11) is 0. The molecule has 3 heterocycles. The zero-order valence-electron chi connectivity index (χ0n) is 19.2. The minimum Gasteiger partial charge on any atom is -0.486 e. The summed E-state index contributed by atoms with van der Waals surface area (Å²) in [6.45, 7) is 1.26. The van der Waals surface area contributed by atoms with Crippen molar-refractivity contribution in [3.05, 3.63) is 40.1 Å². The van der Waals surface area contributed by atoms with E-state index in [0.29, 0.717) is 18.6 Å². The maximum absolute atomic E-state index is 13.1. The second-order valence-corrected chi connectivity index (χ2v) is 8.00. The van der Waals surface area contributed by atoms with Gasteiger partial charge in [0.25, 0.3) is 11.5 Å². The number of aromatic amines is 1. The van der Waals surface area contributed by atoms with Crippen LogP contribution in [0, 0.1) is 0 Å². The first-order valence-electron chi connectivity index (χ1n) is 10.8. The predicted octanol–water partition coefficient (Wildman–Crippen LogP) is 1.09. The minimum absolute atomic E-state index is 0.0715. The molecule has 0 bridgehead atoms. The molecule has 1 aliphatic rings. The number of carbonyl (C=O) groups excluding carboxylic acids is 1. The van der Waals surface area contributed by atoms with Gasteiger partial charge in [-0.25, -0.2) is 15.1 Å². The zero-order valence-corrected chi connectivity index (χ0v) is 19.2. The van der Waals surface area contributed by atoms with Crippen LogP contribution in [0.4, 0.5) is 32.3 Å². The van der Waals surface area contributed by atoms with Crippen LogP contribution in [0.2, 0.25) is 0 Å². The quantitative estimate of drug-likeness (QED) is 0.472. The Balaban J connectivity index is 1.44. The lowest BCUT2D eigenvalue weighted by Gasteiger charge is -2.35. The summed E-state index contributed by atoms with van der Waals surface area (Å²) >= 11 is 0. The molecule has 0 aliphatic carbocycles. The van der Waals surface area contributed by atoms with Crippen molar-refractivity contribution >= 4 is 11.9 Å². The molecule has 2 aromatic rings. The molecule has 0 aromatic carbocycles. The van der Waals surface area contributed by atoms with E-state index in [1.54, 1.807) is 10.00 Å². The number of halogens is 6. The molecule has 0 saturated carbocycles. The fourth-order valence-corrected chi connectivity index (χ4v) is 3.38. The highest BCUT2D eigenvalue weighted by Crippen LogP contribution is 2.33. The highest BCUT2D eigenvalue weighted by atomic mass is 19.4. The first-order chi connectivity index (χ1) is 17.3. The van der Waals surface area contributed by atoms with Crippen LogP contribution in [0.25, 0.3) is 0 Å². The number of hydrogen-bond donors (Lipinski definition) is 2. The van der Waals surface area contributed by atoms with Gasteiger partial charge in [0.2, 0.25) is 5.95 Å². The van der Waals surface area contributed by atoms with Gasteiger partial charge >= 0.3 is 12.4 Å². The Hall–Kier alpha value is -3.47. The number of aromatic nitrogens is 4. The Morgan fingerprint density at radius 2 is 1.68 bits per heavy atom. The average molecular weight is 540 g/mol. The van der Waals surface area contributed by atoms with E-state index in [9.17, 15) is 41.0 Å². The van der Waals surface area contributed by atoms with Crippen LogP contribution in [-0.2, 0) is 21.9 Å². The van der Waals surface area contributed by atoms with Crippen molar-refractivity contribution in [1.82, 2.24) is 25.1 Å². The second kappa shape index (κ2) is 11.3. The number of amides is 1. The summed E-state index contributed by atoms with van der Waals surface area (Å²) in [4.78, 5) is 34.3. The average Bonchev–Trinajstić information content (AvgIpc) is 2.82. The van der Waals surface area contributed by atoms with Gasteiger partial charge in [-0.1, -0.05) is 0 Å². The normalized spacial score (nSPS) is 16.4. The Morgan fingerprint density at radius 1 is 1.05 bits per heavy atom. The molecule has 1 aliphatic heterocycles. The third kappa shape index (κ3) is 7.28. The fraction of sp³-hybridized carbons (Fsp3) is 0.550. The maximum Gasteiger partial charge on any atom is 0.425 e. The lowest BCUT2D eigenvalue weighted by atomic mass is 10.2. The molecule has 2 N–H and O–H groups in total. The Labute approximate surface area is 205 Å². The fourth-order valence-electron chi connectivity index (χ4n) is 3.38. The van der Waals surface area contributed by atoms with Crippen molar-refractivity contribution in [2.75, 3.05) is 44.3 Å². The number of anilines is 1. The highest BCUT2D eigenvalue weighted by Gasteiger charge is 2.38. The van der Waals surface area contributed by atoms with Gasteiger partial charge in [-0.05, 0) is 6.92 Å². The monoisotopic (exact) mass is 540 g/mol. The number of hydrogen-bond acceptors (Lipinski definition) is 9. The third-order valence-electron chi connectivity index (χ3n) is 5.19. The summed E-state index contributed by atoms with van der Waals surface area (Å²) in [5, 5.41) is 15.1. The number of alkyl halides is 6. The van der Waals surface area contributed by atoms with E-state index in [-0.39, 0.29) is 38.7 Å². The van der Waals surface area contributed by atoms with E-state index < -0.39 is 59.5 Å². The zero-order chi connectivity index (χ0) is 27.4. The number of H-pyrrole nitrogens is 1. The van der Waals surface area contributed by atoms with E-state index in [2.05, 4.69) is 15.1 Å². The van der Waals surface area contributed by atoms with Crippen molar-refractivity contribution in [2.45, 2.75) is 31.5 Å². The SMILES string of the molecule is CC(COCC(O)C(=O)N1CCN(c2ncc(C(F)(F)F)cn2)CC1)Oc1cn[nH]c(=O)c1C(F)(F)F. The Morgan fingerprint density at radius 3 is 2.24 bits per heavy atom. The van der Waals surface area contributed by atoms with Crippen molar-refractivity contribution in [3.63, 3.8) is 0 Å². The summed E-state index contributed by atoms with van der Waals surface area (Å²) < 4.78 is 87.5. The Bertz CT molecular complexity index is 1120. The van der Waals surface area contributed by atoms with Gasteiger partial charge < -0.3 is 24.4 Å². The summed E-state index contributed by atoms with van der Waals surface area (Å²) in [5.74, 6) is -1.39. The van der Waals surface area contributed by atoms with Gasteiger partial charge in [-0.2, -0.15) is 31.4 Å².